The number of amides is 2. The van der Waals surface area contributed by atoms with Gasteiger partial charge in [0.1, 0.15) is 11.6 Å². The first-order valence-electron chi connectivity index (χ1n) is 7.64. The van der Waals surface area contributed by atoms with Crippen LogP contribution < -0.4 is 5.32 Å². The van der Waals surface area contributed by atoms with E-state index in [0.29, 0.717) is 6.54 Å². The van der Waals surface area contributed by atoms with Gasteiger partial charge in [-0.25, -0.2) is 0 Å². The third kappa shape index (κ3) is 2.32. The van der Waals surface area contributed by atoms with Crippen LogP contribution in [-0.4, -0.2) is 38.1 Å². The molecule has 1 N–H and O–H groups in total. The molecule has 0 radical (unpaired) electrons. The van der Waals surface area contributed by atoms with Crippen LogP contribution in [0.1, 0.15) is 44.7 Å². The Labute approximate surface area is 124 Å². The maximum atomic E-state index is 12.6. The number of aryl methyl sites for hydroxylation is 1. The van der Waals surface area contributed by atoms with E-state index in [1.165, 1.54) is 0 Å². The topological polar surface area (TPSA) is 67.2 Å². The number of hydrogen-bond donors (Lipinski definition) is 1. The van der Waals surface area contributed by atoms with E-state index >= 15 is 0 Å². The summed E-state index contributed by atoms with van der Waals surface area (Å²) in [4.78, 5) is 27.0. The van der Waals surface area contributed by atoms with Gasteiger partial charge in [-0.15, -0.1) is 0 Å². The van der Waals surface area contributed by atoms with Crippen molar-refractivity contribution in [3.05, 3.63) is 18.0 Å². The lowest BCUT2D eigenvalue weighted by Crippen LogP contribution is -2.70. The van der Waals surface area contributed by atoms with Gasteiger partial charge >= 0.3 is 0 Å². The summed E-state index contributed by atoms with van der Waals surface area (Å²) in [5.41, 5.74) is 0.164. The summed E-state index contributed by atoms with van der Waals surface area (Å²) in [5, 5.41) is 7.21. The predicted octanol–water partition coefficient (Wildman–Crippen LogP) is 0.970. The number of piperazine rings is 1. The highest BCUT2D eigenvalue weighted by Gasteiger charge is 2.51. The zero-order valence-electron chi connectivity index (χ0n) is 12.6. The van der Waals surface area contributed by atoms with E-state index in [-0.39, 0.29) is 11.8 Å². The van der Waals surface area contributed by atoms with E-state index in [1.54, 1.807) is 16.5 Å². The first-order valence-corrected chi connectivity index (χ1v) is 7.64. The van der Waals surface area contributed by atoms with Crippen LogP contribution in [0.4, 0.5) is 0 Å². The Bertz CT molecular complexity index is 560. The summed E-state index contributed by atoms with van der Waals surface area (Å²) >= 11 is 0. The van der Waals surface area contributed by atoms with E-state index in [1.807, 2.05) is 19.3 Å². The smallest absolute Gasteiger partial charge is 0.246 e. The average molecular weight is 290 g/mol. The molecule has 3 rings (SSSR count). The number of carbonyl (C=O) groups excluding carboxylic acids is 2. The molecule has 1 aliphatic carbocycles. The number of rotatable bonds is 2. The van der Waals surface area contributed by atoms with Crippen LogP contribution in [0.5, 0.6) is 0 Å². The van der Waals surface area contributed by atoms with Crippen molar-refractivity contribution < 1.29 is 9.59 Å². The Morgan fingerprint density at radius 2 is 2.05 bits per heavy atom. The predicted molar refractivity (Wildman–Crippen MR) is 77.2 cm³/mol. The minimum absolute atomic E-state index is 0.00199. The summed E-state index contributed by atoms with van der Waals surface area (Å²) in [5.74, 6) is 0.00684. The van der Waals surface area contributed by atoms with Gasteiger partial charge in [0.15, 0.2) is 0 Å². The molecule has 1 spiro atoms. The van der Waals surface area contributed by atoms with E-state index < -0.39 is 11.6 Å². The third-order valence-electron chi connectivity index (χ3n) is 4.69. The van der Waals surface area contributed by atoms with Gasteiger partial charge in [-0.2, -0.15) is 5.10 Å². The fourth-order valence-electron chi connectivity index (χ4n) is 3.53. The molecule has 1 saturated carbocycles. The van der Waals surface area contributed by atoms with Crippen LogP contribution >= 0.6 is 0 Å². The Hall–Kier alpha value is -1.85. The first-order chi connectivity index (χ1) is 10.0. The molecular formula is C15H22N4O2. The van der Waals surface area contributed by atoms with Gasteiger partial charge in [0.2, 0.25) is 11.8 Å². The maximum Gasteiger partial charge on any atom is 0.246 e. The Balaban J connectivity index is 1.93. The molecule has 1 aliphatic heterocycles. The quantitative estimate of drug-likeness (QED) is 0.882. The monoisotopic (exact) mass is 290 g/mol. The van der Waals surface area contributed by atoms with E-state index in [9.17, 15) is 9.59 Å². The molecule has 0 bridgehead atoms. The summed E-state index contributed by atoms with van der Waals surface area (Å²) in [6.45, 7) is 2.17. The summed E-state index contributed by atoms with van der Waals surface area (Å²) in [6.07, 6.45) is 6.49. The Morgan fingerprint density at radius 1 is 1.33 bits per heavy atom. The van der Waals surface area contributed by atoms with Crippen molar-refractivity contribution in [1.82, 2.24) is 20.0 Å². The second kappa shape index (κ2) is 5.16. The van der Waals surface area contributed by atoms with Crippen molar-refractivity contribution in [3.8, 4) is 0 Å². The number of hydrogen-bond acceptors (Lipinski definition) is 3. The Morgan fingerprint density at radius 3 is 2.67 bits per heavy atom. The Kier molecular flexibility index (Phi) is 3.47. The number of aromatic nitrogens is 2. The van der Waals surface area contributed by atoms with Gasteiger partial charge in [0.25, 0.3) is 0 Å². The number of nitrogens with one attached hydrogen (secondary N) is 1. The molecule has 1 atom stereocenters. The second-order valence-electron chi connectivity index (χ2n) is 6.19. The van der Waals surface area contributed by atoms with Crippen molar-refractivity contribution in [2.75, 3.05) is 0 Å². The van der Waals surface area contributed by atoms with Crippen LogP contribution in [0.2, 0.25) is 0 Å². The highest BCUT2D eigenvalue weighted by Crippen LogP contribution is 2.37. The highest BCUT2D eigenvalue weighted by molar-refractivity contribution is 5.99. The molecule has 1 saturated heterocycles. The van der Waals surface area contributed by atoms with Crippen molar-refractivity contribution in [3.63, 3.8) is 0 Å². The molecule has 6 heteroatoms. The molecule has 114 valence electrons. The molecule has 2 fully saturated rings. The average Bonchev–Trinajstić information content (AvgIpc) is 2.88. The molecular weight excluding hydrogens is 268 g/mol. The lowest BCUT2D eigenvalue weighted by Gasteiger charge is -2.49. The van der Waals surface area contributed by atoms with E-state index in [2.05, 4.69) is 10.4 Å². The zero-order valence-corrected chi connectivity index (χ0v) is 12.6. The molecule has 1 unspecified atom stereocenters. The molecule has 21 heavy (non-hydrogen) atoms. The standard InChI is InChI=1S/C15H22N4O2/c1-11-13(20)19(10-12-6-9-18(2)17-12)15(14(21)16-11)7-4-3-5-8-15/h6,9,11H,3-5,7-8,10H2,1-2H3,(H,16,21). The van der Waals surface area contributed by atoms with Gasteiger partial charge < -0.3 is 10.2 Å². The largest absolute Gasteiger partial charge is 0.343 e. The van der Waals surface area contributed by atoms with Gasteiger partial charge in [-0.1, -0.05) is 19.3 Å². The van der Waals surface area contributed by atoms with Crippen molar-refractivity contribution >= 4 is 11.8 Å². The van der Waals surface area contributed by atoms with E-state index in [0.717, 1.165) is 37.8 Å². The molecule has 2 aliphatic rings. The van der Waals surface area contributed by atoms with Crippen LogP contribution in [0, 0.1) is 0 Å². The third-order valence-corrected chi connectivity index (χ3v) is 4.69. The molecule has 2 heterocycles. The van der Waals surface area contributed by atoms with Crippen molar-refractivity contribution in [2.45, 2.75) is 57.2 Å². The molecule has 0 aromatic carbocycles. The summed E-state index contributed by atoms with van der Waals surface area (Å²) in [7, 11) is 1.85. The van der Waals surface area contributed by atoms with Crippen LogP contribution in [-0.2, 0) is 23.2 Å². The van der Waals surface area contributed by atoms with Crippen molar-refractivity contribution in [2.24, 2.45) is 7.05 Å². The van der Waals surface area contributed by atoms with Crippen LogP contribution in [0.3, 0.4) is 0 Å². The summed E-state index contributed by atoms with van der Waals surface area (Å²) < 4.78 is 1.72. The highest BCUT2D eigenvalue weighted by atomic mass is 16.2. The lowest BCUT2D eigenvalue weighted by atomic mass is 9.77. The minimum Gasteiger partial charge on any atom is -0.343 e. The van der Waals surface area contributed by atoms with Gasteiger partial charge in [0.05, 0.1) is 12.2 Å². The molecule has 1 aromatic heterocycles. The molecule has 1 aromatic rings. The zero-order chi connectivity index (χ0) is 15.0. The molecule has 6 nitrogen and oxygen atoms in total. The fourth-order valence-corrected chi connectivity index (χ4v) is 3.53. The first kappa shape index (κ1) is 14.1. The minimum atomic E-state index is -0.667. The molecule has 2 amide bonds. The SMILES string of the molecule is CC1NC(=O)C2(CCCCC2)N(Cc2ccn(C)n2)C1=O. The number of nitrogens with zero attached hydrogens (tertiary/aromatic N) is 3. The van der Waals surface area contributed by atoms with Gasteiger partial charge in [-0.3, -0.25) is 14.3 Å². The van der Waals surface area contributed by atoms with Gasteiger partial charge in [0, 0.05) is 13.2 Å². The van der Waals surface area contributed by atoms with Crippen LogP contribution in [0.25, 0.3) is 0 Å². The van der Waals surface area contributed by atoms with Crippen LogP contribution in [0.15, 0.2) is 12.3 Å². The van der Waals surface area contributed by atoms with Crippen molar-refractivity contribution in [1.29, 1.82) is 0 Å². The normalized spacial score (nSPS) is 25.2. The van der Waals surface area contributed by atoms with E-state index in [4.69, 9.17) is 0 Å². The maximum absolute atomic E-state index is 12.6. The van der Waals surface area contributed by atoms with Gasteiger partial charge in [-0.05, 0) is 25.8 Å². The fraction of sp³-hybridized carbons (Fsp3) is 0.667. The number of carbonyl (C=O) groups is 2. The summed E-state index contributed by atoms with van der Waals surface area (Å²) in [6, 6.07) is 1.45. The second-order valence-corrected chi connectivity index (χ2v) is 6.19. The lowest BCUT2D eigenvalue weighted by molar-refractivity contribution is -0.160.